The molecule has 1 fully saturated rings. The zero-order chi connectivity index (χ0) is 19.1. The Morgan fingerprint density at radius 2 is 1.78 bits per heavy atom. The number of rotatable bonds is 7. The summed E-state index contributed by atoms with van der Waals surface area (Å²) in [5, 5.41) is 4.64. The standard InChI is InChI=1S/C21H24Cl2N2OS/c22-18-5-7-19(8-6-18)27-14-11-24-21(26)16-9-12-25(13-10-16)15-17-3-1-2-4-20(17)23/h1-8,16H,9-15H2,(H,24,26). The molecule has 0 unspecified atom stereocenters. The molecule has 6 heteroatoms. The van der Waals surface area contributed by atoms with E-state index >= 15 is 0 Å². The molecule has 3 rings (SSSR count). The highest BCUT2D eigenvalue weighted by Crippen LogP contribution is 2.23. The van der Waals surface area contributed by atoms with Crippen LogP contribution in [0.1, 0.15) is 18.4 Å². The van der Waals surface area contributed by atoms with Crippen LogP contribution in [0.2, 0.25) is 10.0 Å². The summed E-state index contributed by atoms with van der Waals surface area (Å²) in [6.45, 7) is 3.41. The average Bonchev–Trinajstić information content (AvgIpc) is 2.69. The second-order valence-corrected chi connectivity index (χ2v) is 8.75. The van der Waals surface area contributed by atoms with Crippen molar-refractivity contribution in [2.45, 2.75) is 24.3 Å². The topological polar surface area (TPSA) is 32.3 Å². The fraction of sp³-hybridized carbons (Fsp3) is 0.381. The molecule has 2 aromatic rings. The SMILES string of the molecule is O=C(NCCSc1ccc(Cl)cc1)C1CCN(Cc2ccccc2Cl)CC1. The number of amides is 1. The summed E-state index contributed by atoms with van der Waals surface area (Å²) in [6.07, 6.45) is 1.81. The van der Waals surface area contributed by atoms with Crippen LogP contribution < -0.4 is 5.32 Å². The highest BCUT2D eigenvalue weighted by atomic mass is 35.5. The normalized spacial score (nSPS) is 15.6. The Morgan fingerprint density at radius 1 is 1.07 bits per heavy atom. The maximum atomic E-state index is 12.4. The molecule has 1 amide bonds. The van der Waals surface area contributed by atoms with Crippen LogP contribution >= 0.6 is 35.0 Å². The van der Waals surface area contributed by atoms with Crippen LogP contribution in [0, 0.1) is 5.92 Å². The minimum Gasteiger partial charge on any atom is -0.355 e. The largest absolute Gasteiger partial charge is 0.355 e. The summed E-state index contributed by atoms with van der Waals surface area (Å²) >= 11 is 13.9. The van der Waals surface area contributed by atoms with Gasteiger partial charge in [-0.2, -0.15) is 0 Å². The highest BCUT2D eigenvalue weighted by molar-refractivity contribution is 7.99. The number of benzene rings is 2. The third-order valence-electron chi connectivity index (χ3n) is 4.79. The third-order valence-corrected chi connectivity index (χ3v) is 6.43. The summed E-state index contributed by atoms with van der Waals surface area (Å²) < 4.78 is 0. The minimum absolute atomic E-state index is 0.119. The van der Waals surface area contributed by atoms with E-state index in [9.17, 15) is 4.79 Å². The van der Waals surface area contributed by atoms with Gasteiger partial charge in [-0.25, -0.2) is 0 Å². The fourth-order valence-corrected chi connectivity index (χ4v) is 4.33. The van der Waals surface area contributed by atoms with Gasteiger partial charge < -0.3 is 5.32 Å². The van der Waals surface area contributed by atoms with Crippen molar-refractivity contribution in [2.75, 3.05) is 25.4 Å². The van der Waals surface area contributed by atoms with Crippen molar-refractivity contribution in [3.63, 3.8) is 0 Å². The van der Waals surface area contributed by atoms with Crippen molar-refractivity contribution < 1.29 is 4.79 Å². The average molecular weight is 423 g/mol. The molecule has 0 radical (unpaired) electrons. The van der Waals surface area contributed by atoms with Gasteiger partial charge in [0.05, 0.1) is 0 Å². The van der Waals surface area contributed by atoms with E-state index in [1.54, 1.807) is 11.8 Å². The number of hydrogen-bond donors (Lipinski definition) is 1. The first kappa shape index (κ1) is 20.5. The molecule has 0 aliphatic carbocycles. The van der Waals surface area contributed by atoms with Crippen molar-refractivity contribution in [3.8, 4) is 0 Å². The van der Waals surface area contributed by atoms with Crippen molar-refractivity contribution in [2.24, 2.45) is 5.92 Å². The van der Waals surface area contributed by atoms with E-state index in [1.165, 1.54) is 4.90 Å². The Morgan fingerprint density at radius 3 is 2.48 bits per heavy atom. The molecule has 1 saturated heterocycles. The van der Waals surface area contributed by atoms with Crippen molar-refractivity contribution in [3.05, 3.63) is 64.1 Å². The predicted molar refractivity (Wildman–Crippen MR) is 115 cm³/mol. The molecule has 1 aliphatic heterocycles. The summed E-state index contributed by atoms with van der Waals surface area (Å²) in [5.74, 6) is 1.16. The summed E-state index contributed by atoms with van der Waals surface area (Å²) in [7, 11) is 0. The van der Waals surface area contributed by atoms with Gasteiger partial charge in [0.25, 0.3) is 0 Å². The molecule has 3 nitrogen and oxygen atoms in total. The molecule has 0 bridgehead atoms. The number of carbonyl (C=O) groups is 1. The van der Waals surface area contributed by atoms with Crippen LogP contribution in [-0.2, 0) is 11.3 Å². The third kappa shape index (κ3) is 6.42. The number of piperidine rings is 1. The molecule has 1 aliphatic rings. The lowest BCUT2D eigenvalue weighted by atomic mass is 9.95. The smallest absolute Gasteiger partial charge is 0.223 e. The zero-order valence-electron chi connectivity index (χ0n) is 15.2. The fourth-order valence-electron chi connectivity index (χ4n) is 3.24. The molecule has 1 heterocycles. The van der Waals surface area contributed by atoms with E-state index in [1.807, 2.05) is 42.5 Å². The van der Waals surface area contributed by atoms with Gasteiger partial charge in [0.15, 0.2) is 0 Å². The lowest BCUT2D eigenvalue weighted by molar-refractivity contribution is -0.126. The number of likely N-dealkylation sites (tertiary alicyclic amines) is 1. The number of carbonyl (C=O) groups excluding carboxylic acids is 1. The molecule has 0 saturated carbocycles. The Labute approximate surface area is 175 Å². The molecule has 27 heavy (non-hydrogen) atoms. The summed E-state index contributed by atoms with van der Waals surface area (Å²) in [4.78, 5) is 15.9. The van der Waals surface area contributed by atoms with Gasteiger partial charge in [0.2, 0.25) is 5.91 Å². The van der Waals surface area contributed by atoms with Crippen LogP contribution in [-0.4, -0.2) is 36.2 Å². The monoisotopic (exact) mass is 422 g/mol. The molecule has 0 spiro atoms. The van der Waals surface area contributed by atoms with E-state index in [2.05, 4.69) is 16.3 Å². The van der Waals surface area contributed by atoms with Gasteiger partial charge in [0.1, 0.15) is 0 Å². The van der Waals surface area contributed by atoms with Gasteiger partial charge in [-0.3, -0.25) is 9.69 Å². The Hall–Kier alpha value is -1.20. The van der Waals surface area contributed by atoms with Gasteiger partial charge in [-0.1, -0.05) is 41.4 Å². The molecule has 2 aromatic carbocycles. The first-order valence-electron chi connectivity index (χ1n) is 9.23. The zero-order valence-corrected chi connectivity index (χ0v) is 17.5. The second-order valence-electron chi connectivity index (χ2n) is 6.74. The maximum absolute atomic E-state index is 12.4. The number of halogens is 2. The summed E-state index contributed by atoms with van der Waals surface area (Å²) in [6, 6.07) is 15.8. The molecule has 0 atom stereocenters. The van der Waals surface area contributed by atoms with Gasteiger partial charge in [-0.05, 0) is 61.8 Å². The van der Waals surface area contributed by atoms with Gasteiger partial charge in [-0.15, -0.1) is 11.8 Å². The van der Waals surface area contributed by atoms with Crippen molar-refractivity contribution in [1.82, 2.24) is 10.2 Å². The predicted octanol–water partition coefficient (Wildman–Crippen LogP) is 5.11. The van der Waals surface area contributed by atoms with E-state index < -0.39 is 0 Å². The molecule has 144 valence electrons. The molecule has 1 N–H and O–H groups in total. The lowest BCUT2D eigenvalue weighted by Gasteiger charge is -2.31. The van der Waals surface area contributed by atoms with Crippen LogP contribution in [0.5, 0.6) is 0 Å². The quantitative estimate of drug-likeness (QED) is 0.496. The Balaban J connectivity index is 1.34. The first-order chi connectivity index (χ1) is 13.1. The molecule has 0 aromatic heterocycles. The van der Waals surface area contributed by atoms with Crippen LogP contribution in [0.3, 0.4) is 0 Å². The van der Waals surface area contributed by atoms with E-state index in [-0.39, 0.29) is 11.8 Å². The number of hydrogen-bond acceptors (Lipinski definition) is 3. The highest BCUT2D eigenvalue weighted by Gasteiger charge is 2.24. The Bertz CT molecular complexity index is 746. The van der Waals surface area contributed by atoms with Crippen LogP contribution in [0.15, 0.2) is 53.4 Å². The maximum Gasteiger partial charge on any atom is 0.223 e. The number of nitrogens with zero attached hydrogens (tertiary/aromatic N) is 1. The number of nitrogens with one attached hydrogen (secondary N) is 1. The van der Waals surface area contributed by atoms with E-state index in [0.29, 0.717) is 6.54 Å². The number of thioether (sulfide) groups is 1. The van der Waals surface area contributed by atoms with E-state index in [0.717, 1.165) is 53.8 Å². The van der Waals surface area contributed by atoms with Gasteiger partial charge >= 0.3 is 0 Å². The second kappa shape index (κ2) is 10.4. The Kier molecular flexibility index (Phi) is 7.89. The molecular formula is C21H24Cl2N2OS. The van der Waals surface area contributed by atoms with Gasteiger partial charge in [0, 0.05) is 39.7 Å². The van der Waals surface area contributed by atoms with Crippen molar-refractivity contribution in [1.29, 1.82) is 0 Å². The van der Waals surface area contributed by atoms with Crippen LogP contribution in [0.4, 0.5) is 0 Å². The lowest BCUT2D eigenvalue weighted by Crippen LogP contribution is -2.40. The minimum atomic E-state index is 0.119. The van der Waals surface area contributed by atoms with Crippen molar-refractivity contribution >= 4 is 40.9 Å². The summed E-state index contributed by atoms with van der Waals surface area (Å²) in [5.41, 5.74) is 1.15. The first-order valence-corrected chi connectivity index (χ1v) is 11.0. The van der Waals surface area contributed by atoms with Crippen LogP contribution in [0.25, 0.3) is 0 Å². The van der Waals surface area contributed by atoms with E-state index in [4.69, 9.17) is 23.2 Å². The molecular weight excluding hydrogens is 399 g/mol.